The lowest BCUT2D eigenvalue weighted by Gasteiger charge is -2.31. The molecule has 222 valence electrons. The summed E-state index contributed by atoms with van der Waals surface area (Å²) in [7, 11) is 1.18. The molecule has 1 aliphatic rings. The molecule has 3 heterocycles. The zero-order valence-electron chi connectivity index (χ0n) is 23.2. The second-order valence-electron chi connectivity index (χ2n) is 10.6. The number of hydrogen-bond acceptors (Lipinski definition) is 8. The van der Waals surface area contributed by atoms with Gasteiger partial charge < -0.3 is 19.7 Å². The molecule has 0 bridgehead atoms. The number of hydrogen-bond donors (Lipinski definition) is 2. The Balaban J connectivity index is 1.33. The number of fused-ring (bicyclic) bond motifs is 1. The summed E-state index contributed by atoms with van der Waals surface area (Å²) in [6.45, 7) is 2.33. The van der Waals surface area contributed by atoms with Gasteiger partial charge in [-0.25, -0.2) is 14.6 Å². The van der Waals surface area contributed by atoms with Gasteiger partial charge in [-0.05, 0) is 61.3 Å². The monoisotopic (exact) mass is 584 g/mol. The van der Waals surface area contributed by atoms with Crippen molar-refractivity contribution in [3.05, 3.63) is 74.8 Å². The van der Waals surface area contributed by atoms with Crippen LogP contribution in [0, 0.1) is 12.8 Å². The quantitative estimate of drug-likeness (QED) is 0.320. The zero-order valence-corrected chi connectivity index (χ0v) is 23.2. The van der Waals surface area contributed by atoms with Crippen LogP contribution in [0.2, 0.25) is 0 Å². The fourth-order valence-corrected chi connectivity index (χ4v) is 5.53. The van der Waals surface area contributed by atoms with Gasteiger partial charge in [-0.3, -0.25) is 9.59 Å². The average molecular weight is 585 g/mol. The van der Waals surface area contributed by atoms with E-state index >= 15 is 0 Å². The molecule has 0 spiro atoms. The molecular weight excluding hydrogens is 553 g/mol. The second-order valence-corrected chi connectivity index (χ2v) is 10.6. The standard InChI is InChI=1S/C29H31F3N6O4/c1-17-10-23-19(12-22(17)26-33-13-21(14-34-26)42-9-8-39)6-7-38(27(23)40)16-18-4-3-5-20(11-18)36-24-15-35-37(2)28(41)25(24)29(30,31)32/h6-7,10,12-15,18,20,36,39H,3-5,8-9,11,16H2,1-2H3/t18-,20+/m1/s1. The van der Waals surface area contributed by atoms with Crippen molar-refractivity contribution in [2.45, 2.75) is 51.4 Å². The Morgan fingerprint density at radius 2 is 1.88 bits per heavy atom. The number of aliphatic hydroxyl groups is 1. The van der Waals surface area contributed by atoms with E-state index in [2.05, 4.69) is 20.4 Å². The number of benzene rings is 1. The number of ether oxygens (including phenoxy) is 1. The van der Waals surface area contributed by atoms with E-state index in [0.717, 1.165) is 35.6 Å². The van der Waals surface area contributed by atoms with Gasteiger partial charge in [0.1, 0.15) is 12.2 Å². The number of aryl methyl sites for hydroxylation is 2. The minimum absolute atomic E-state index is 0.0561. The number of aliphatic hydroxyl groups excluding tert-OH is 1. The Hall–Kier alpha value is -4.26. The number of nitrogens with one attached hydrogen (secondary N) is 1. The third kappa shape index (κ3) is 6.15. The molecule has 10 nitrogen and oxygen atoms in total. The van der Waals surface area contributed by atoms with Crippen molar-refractivity contribution < 1.29 is 23.0 Å². The summed E-state index contributed by atoms with van der Waals surface area (Å²) < 4.78 is 48.6. The molecular formula is C29H31F3N6O4. The molecule has 42 heavy (non-hydrogen) atoms. The van der Waals surface area contributed by atoms with Gasteiger partial charge in [-0.2, -0.15) is 18.3 Å². The number of alkyl halides is 3. The van der Waals surface area contributed by atoms with E-state index in [4.69, 9.17) is 9.84 Å². The zero-order chi connectivity index (χ0) is 30.0. The van der Waals surface area contributed by atoms with E-state index in [9.17, 15) is 22.8 Å². The number of nitrogens with zero attached hydrogens (tertiary/aromatic N) is 5. The van der Waals surface area contributed by atoms with Crippen LogP contribution in [0.3, 0.4) is 0 Å². The smallest absolute Gasteiger partial charge is 0.423 e. The first-order valence-electron chi connectivity index (χ1n) is 13.6. The van der Waals surface area contributed by atoms with E-state index in [1.165, 1.54) is 19.4 Å². The van der Waals surface area contributed by atoms with Gasteiger partial charge in [0.05, 0.1) is 30.9 Å². The molecule has 13 heteroatoms. The van der Waals surface area contributed by atoms with E-state index in [-0.39, 0.29) is 36.4 Å². The molecule has 1 saturated carbocycles. The van der Waals surface area contributed by atoms with Crippen LogP contribution in [-0.4, -0.2) is 48.7 Å². The molecule has 4 aromatic rings. The highest BCUT2D eigenvalue weighted by Crippen LogP contribution is 2.34. The van der Waals surface area contributed by atoms with Crippen LogP contribution in [0.4, 0.5) is 18.9 Å². The van der Waals surface area contributed by atoms with Gasteiger partial charge >= 0.3 is 6.18 Å². The van der Waals surface area contributed by atoms with Crippen molar-refractivity contribution in [2.75, 3.05) is 18.5 Å². The average Bonchev–Trinajstić information content (AvgIpc) is 2.95. The maximum absolute atomic E-state index is 13.6. The predicted octanol–water partition coefficient (Wildman–Crippen LogP) is 3.92. The molecule has 2 N–H and O–H groups in total. The lowest BCUT2D eigenvalue weighted by atomic mass is 9.85. The van der Waals surface area contributed by atoms with Gasteiger partial charge in [0.15, 0.2) is 11.6 Å². The van der Waals surface area contributed by atoms with Gasteiger partial charge in [0.2, 0.25) is 0 Å². The number of pyridine rings is 1. The summed E-state index contributed by atoms with van der Waals surface area (Å²) in [4.78, 5) is 34.4. The molecule has 0 unspecified atom stereocenters. The Labute approximate surface area is 238 Å². The summed E-state index contributed by atoms with van der Waals surface area (Å²) in [5, 5.41) is 16.9. The van der Waals surface area contributed by atoms with Crippen molar-refractivity contribution in [3.63, 3.8) is 0 Å². The fraction of sp³-hybridized carbons (Fsp3) is 0.414. The minimum Gasteiger partial charge on any atom is -0.488 e. The number of rotatable bonds is 8. The van der Waals surface area contributed by atoms with E-state index < -0.39 is 17.3 Å². The Bertz CT molecular complexity index is 1700. The van der Waals surface area contributed by atoms with Gasteiger partial charge in [-0.1, -0.05) is 6.42 Å². The summed E-state index contributed by atoms with van der Waals surface area (Å²) >= 11 is 0. The third-order valence-electron chi connectivity index (χ3n) is 7.57. The normalized spacial score (nSPS) is 17.4. The van der Waals surface area contributed by atoms with Crippen LogP contribution in [0.1, 0.15) is 36.8 Å². The van der Waals surface area contributed by atoms with Crippen LogP contribution in [-0.2, 0) is 19.8 Å². The molecule has 3 aromatic heterocycles. The Kier molecular flexibility index (Phi) is 8.30. The molecule has 0 saturated heterocycles. The van der Waals surface area contributed by atoms with Crippen molar-refractivity contribution in [1.29, 1.82) is 0 Å². The lowest BCUT2D eigenvalue weighted by Crippen LogP contribution is -2.35. The van der Waals surface area contributed by atoms with Crippen molar-refractivity contribution in [1.82, 2.24) is 24.3 Å². The molecule has 0 aliphatic heterocycles. The molecule has 0 amide bonds. The van der Waals surface area contributed by atoms with Crippen LogP contribution in [0.5, 0.6) is 5.75 Å². The van der Waals surface area contributed by atoms with Crippen molar-refractivity contribution >= 4 is 16.5 Å². The van der Waals surface area contributed by atoms with Gasteiger partial charge in [-0.15, -0.1) is 0 Å². The fourth-order valence-electron chi connectivity index (χ4n) is 5.53. The van der Waals surface area contributed by atoms with Crippen molar-refractivity contribution in [3.8, 4) is 17.1 Å². The third-order valence-corrected chi connectivity index (χ3v) is 7.57. The first kappa shape index (κ1) is 29.2. The molecule has 0 radical (unpaired) electrons. The Morgan fingerprint density at radius 3 is 2.60 bits per heavy atom. The summed E-state index contributed by atoms with van der Waals surface area (Å²) in [5.74, 6) is 0.983. The molecule has 5 rings (SSSR count). The highest BCUT2D eigenvalue weighted by atomic mass is 19.4. The highest BCUT2D eigenvalue weighted by Gasteiger charge is 2.38. The SMILES string of the molecule is Cc1cc2c(=O)n(C[C@@H]3CCC[C@H](Nc4cnn(C)c(=O)c4C(F)(F)F)C3)ccc2cc1-c1ncc(OCCO)cn1. The molecule has 1 aliphatic carbocycles. The van der Waals surface area contributed by atoms with E-state index in [0.29, 0.717) is 41.0 Å². The maximum Gasteiger partial charge on any atom is 0.423 e. The van der Waals surface area contributed by atoms with Crippen LogP contribution in [0.25, 0.3) is 22.2 Å². The topological polar surface area (TPSA) is 124 Å². The molecule has 1 fully saturated rings. The van der Waals surface area contributed by atoms with Crippen LogP contribution < -0.4 is 21.2 Å². The molecule has 2 atom stereocenters. The van der Waals surface area contributed by atoms with Crippen LogP contribution >= 0.6 is 0 Å². The Morgan fingerprint density at radius 1 is 1.12 bits per heavy atom. The largest absolute Gasteiger partial charge is 0.488 e. The minimum atomic E-state index is -4.81. The summed E-state index contributed by atoms with van der Waals surface area (Å²) in [6, 6.07) is 5.25. The number of halogens is 3. The number of anilines is 1. The maximum atomic E-state index is 13.6. The first-order chi connectivity index (χ1) is 20.0. The van der Waals surface area contributed by atoms with Gasteiger partial charge in [0.25, 0.3) is 11.1 Å². The van der Waals surface area contributed by atoms with Crippen LogP contribution in [0.15, 0.2) is 52.6 Å². The lowest BCUT2D eigenvalue weighted by molar-refractivity contribution is -0.138. The predicted molar refractivity (Wildman–Crippen MR) is 150 cm³/mol. The summed E-state index contributed by atoms with van der Waals surface area (Å²) in [6.07, 6.45) is 3.83. The van der Waals surface area contributed by atoms with Crippen molar-refractivity contribution in [2.24, 2.45) is 13.0 Å². The summed E-state index contributed by atoms with van der Waals surface area (Å²) in [5.41, 5.74) is -1.32. The molecule has 1 aromatic carbocycles. The second kappa shape index (κ2) is 11.9. The first-order valence-corrected chi connectivity index (χ1v) is 13.6. The highest BCUT2D eigenvalue weighted by molar-refractivity contribution is 5.87. The van der Waals surface area contributed by atoms with E-state index in [1.807, 2.05) is 25.1 Å². The number of aromatic nitrogens is 5. The van der Waals surface area contributed by atoms with E-state index in [1.54, 1.807) is 10.8 Å². The van der Waals surface area contributed by atoms with Gasteiger partial charge in [0, 0.05) is 36.8 Å².